The summed E-state index contributed by atoms with van der Waals surface area (Å²) in [6.07, 6.45) is 2.08. The minimum Gasteiger partial charge on any atom is -0.381 e. The number of benzene rings is 1. The van der Waals surface area contributed by atoms with Crippen LogP contribution in [0.25, 0.3) is 11.0 Å². The molecule has 0 aliphatic carbocycles. The number of nitrogens with one attached hydrogen (secondary N) is 1. The number of anilines is 2. The van der Waals surface area contributed by atoms with Gasteiger partial charge in [-0.3, -0.25) is 0 Å². The quantitative estimate of drug-likeness (QED) is 0.869. The summed E-state index contributed by atoms with van der Waals surface area (Å²) < 4.78 is 0. The third-order valence-electron chi connectivity index (χ3n) is 2.40. The Morgan fingerprint density at radius 2 is 1.94 bits per heavy atom. The van der Waals surface area contributed by atoms with E-state index in [0.717, 1.165) is 16.8 Å². The third kappa shape index (κ3) is 2.79. The van der Waals surface area contributed by atoms with Crippen molar-refractivity contribution in [3.05, 3.63) is 24.3 Å². The fourth-order valence-electron chi connectivity index (χ4n) is 1.64. The van der Waals surface area contributed by atoms with Crippen molar-refractivity contribution >= 4 is 34.4 Å². The lowest BCUT2D eigenvalue weighted by molar-refractivity contribution is 0.904. The SMILES string of the molecule is CSCC(C)Nc1nc2ccccc2nc1N. The number of nitrogens with zero attached hydrogens (tertiary/aromatic N) is 2. The lowest BCUT2D eigenvalue weighted by Crippen LogP contribution is -2.20. The Labute approximate surface area is 105 Å². The maximum atomic E-state index is 5.89. The molecule has 0 fully saturated rings. The molecule has 0 aliphatic rings. The maximum Gasteiger partial charge on any atom is 0.169 e. The van der Waals surface area contributed by atoms with Crippen molar-refractivity contribution in [2.24, 2.45) is 0 Å². The van der Waals surface area contributed by atoms with Crippen molar-refractivity contribution in [2.45, 2.75) is 13.0 Å². The van der Waals surface area contributed by atoms with Gasteiger partial charge in [-0.05, 0) is 25.3 Å². The van der Waals surface area contributed by atoms with E-state index in [-0.39, 0.29) is 0 Å². The third-order valence-corrected chi connectivity index (χ3v) is 3.23. The Morgan fingerprint density at radius 3 is 2.59 bits per heavy atom. The van der Waals surface area contributed by atoms with E-state index in [1.54, 1.807) is 11.8 Å². The monoisotopic (exact) mass is 248 g/mol. The topological polar surface area (TPSA) is 63.8 Å². The van der Waals surface area contributed by atoms with Crippen LogP contribution in [0.1, 0.15) is 6.92 Å². The summed E-state index contributed by atoms with van der Waals surface area (Å²) in [5, 5.41) is 3.28. The van der Waals surface area contributed by atoms with E-state index in [2.05, 4.69) is 28.5 Å². The molecule has 0 aliphatic heterocycles. The van der Waals surface area contributed by atoms with Crippen molar-refractivity contribution < 1.29 is 0 Å². The zero-order valence-corrected chi connectivity index (χ0v) is 10.8. The molecule has 1 aromatic carbocycles. The number of thioether (sulfide) groups is 1. The molecule has 0 amide bonds. The van der Waals surface area contributed by atoms with Crippen LogP contribution in [0.5, 0.6) is 0 Å². The largest absolute Gasteiger partial charge is 0.381 e. The van der Waals surface area contributed by atoms with Crippen LogP contribution in [0.4, 0.5) is 11.6 Å². The van der Waals surface area contributed by atoms with Gasteiger partial charge in [0.2, 0.25) is 0 Å². The second-order valence-corrected chi connectivity index (χ2v) is 4.86. The Bertz CT molecular complexity index is 515. The van der Waals surface area contributed by atoms with E-state index in [1.807, 2.05) is 24.3 Å². The van der Waals surface area contributed by atoms with E-state index in [1.165, 1.54) is 0 Å². The van der Waals surface area contributed by atoms with Crippen LogP contribution in [0.15, 0.2) is 24.3 Å². The van der Waals surface area contributed by atoms with Gasteiger partial charge in [-0.2, -0.15) is 11.8 Å². The summed E-state index contributed by atoms with van der Waals surface area (Å²) in [5.74, 6) is 2.13. The predicted molar refractivity (Wildman–Crippen MR) is 75.4 cm³/mol. The van der Waals surface area contributed by atoms with E-state index < -0.39 is 0 Å². The van der Waals surface area contributed by atoms with Gasteiger partial charge in [0.25, 0.3) is 0 Å². The summed E-state index contributed by atoms with van der Waals surface area (Å²) in [7, 11) is 0. The molecule has 0 bridgehead atoms. The molecule has 2 rings (SSSR count). The molecule has 0 saturated heterocycles. The molecule has 3 N–H and O–H groups in total. The van der Waals surface area contributed by atoms with Crippen LogP contribution >= 0.6 is 11.8 Å². The Balaban J connectivity index is 2.31. The van der Waals surface area contributed by atoms with Gasteiger partial charge >= 0.3 is 0 Å². The van der Waals surface area contributed by atoms with E-state index in [0.29, 0.717) is 17.7 Å². The number of hydrogen-bond acceptors (Lipinski definition) is 5. The minimum atomic E-state index is 0.322. The van der Waals surface area contributed by atoms with Crippen LogP contribution in [-0.2, 0) is 0 Å². The van der Waals surface area contributed by atoms with Gasteiger partial charge in [-0.15, -0.1) is 0 Å². The Morgan fingerprint density at radius 1 is 1.29 bits per heavy atom. The van der Waals surface area contributed by atoms with Crippen LogP contribution in [0.3, 0.4) is 0 Å². The number of fused-ring (bicyclic) bond motifs is 1. The molecule has 2 aromatic rings. The van der Waals surface area contributed by atoms with Gasteiger partial charge < -0.3 is 11.1 Å². The van der Waals surface area contributed by atoms with Gasteiger partial charge in [0.15, 0.2) is 11.6 Å². The van der Waals surface area contributed by atoms with Gasteiger partial charge in [-0.1, -0.05) is 12.1 Å². The lowest BCUT2D eigenvalue weighted by atomic mass is 10.3. The molecule has 0 radical (unpaired) electrons. The van der Waals surface area contributed by atoms with Crippen LogP contribution in [0, 0.1) is 0 Å². The summed E-state index contributed by atoms with van der Waals surface area (Å²) in [6, 6.07) is 8.05. The molecule has 1 heterocycles. The average molecular weight is 248 g/mol. The first-order valence-electron chi connectivity index (χ1n) is 5.48. The smallest absolute Gasteiger partial charge is 0.169 e. The molecular formula is C12H16N4S. The van der Waals surface area contributed by atoms with Crippen molar-refractivity contribution in [1.29, 1.82) is 0 Å². The summed E-state index contributed by atoms with van der Waals surface area (Å²) in [5.41, 5.74) is 7.58. The van der Waals surface area contributed by atoms with Crippen LogP contribution < -0.4 is 11.1 Å². The van der Waals surface area contributed by atoms with Crippen molar-refractivity contribution in [3.8, 4) is 0 Å². The molecular weight excluding hydrogens is 232 g/mol. The predicted octanol–water partition coefficient (Wildman–Crippen LogP) is 2.38. The molecule has 1 unspecified atom stereocenters. The number of aromatic nitrogens is 2. The number of rotatable bonds is 4. The van der Waals surface area contributed by atoms with Gasteiger partial charge in [0.1, 0.15) is 0 Å². The zero-order chi connectivity index (χ0) is 12.3. The standard InChI is InChI=1S/C12H16N4S/c1-8(7-17-2)14-12-11(13)15-9-5-3-4-6-10(9)16-12/h3-6,8H,7H2,1-2H3,(H2,13,15)(H,14,16). The fraction of sp³-hybridized carbons (Fsp3) is 0.333. The van der Waals surface area contributed by atoms with Gasteiger partial charge in [0.05, 0.1) is 11.0 Å². The Kier molecular flexibility index (Phi) is 3.68. The second kappa shape index (κ2) is 5.23. The van der Waals surface area contributed by atoms with Crippen molar-refractivity contribution in [1.82, 2.24) is 9.97 Å². The van der Waals surface area contributed by atoms with Crippen molar-refractivity contribution in [2.75, 3.05) is 23.1 Å². The number of nitrogen functional groups attached to an aromatic ring is 1. The molecule has 17 heavy (non-hydrogen) atoms. The first kappa shape index (κ1) is 12.0. The Hall–Kier alpha value is -1.49. The minimum absolute atomic E-state index is 0.322. The number of hydrogen-bond donors (Lipinski definition) is 2. The highest BCUT2D eigenvalue weighted by molar-refractivity contribution is 7.98. The molecule has 4 nitrogen and oxygen atoms in total. The number of para-hydroxylation sites is 2. The molecule has 1 atom stereocenters. The lowest BCUT2D eigenvalue weighted by Gasteiger charge is -2.14. The molecule has 0 spiro atoms. The van der Waals surface area contributed by atoms with Crippen LogP contribution in [0.2, 0.25) is 0 Å². The first-order chi connectivity index (χ1) is 8.20. The van der Waals surface area contributed by atoms with E-state index >= 15 is 0 Å². The molecule has 0 saturated carbocycles. The van der Waals surface area contributed by atoms with E-state index in [4.69, 9.17) is 5.73 Å². The molecule has 5 heteroatoms. The normalized spacial score (nSPS) is 12.6. The van der Waals surface area contributed by atoms with Gasteiger partial charge in [-0.25, -0.2) is 9.97 Å². The highest BCUT2D eigenvalue weighted by Gasteiger charge is 2.08. The highest BCUT2D eigenvalue weighted by atomic mass is 32.2. The summed E-state index contributed by atoms with van der Waals surface area (Å²) in [4.78, 5) is 8.82. The zero-order valence-electron chi connectivity index (χ0n) is 9.97. The highest BCUT2D eigenvalue weighted by Crippen LogP contribution is 2.19. The van der Waals surface area contributed by atoms with Gasteiger partial charge in [0, 0.05) is 11.8 Å². The van der Waals surface area contributed by atoms with Crippen molar-refractivity contribution in [3.63, 3.8) is 0 Å². The number of nitrogens with two attached hydrogens (primary N) is 1. The average Bonchev–Trinajstić information content (AvgIpc) is 2.30. The maximum absolute atomic E-state index is 5.89. The summed E-state index contributed by atoms with van der Waals surface area (Å²) in [6.45, 7) is 2.10. The fourth-order valence-corrected chi connectivity index (χ4v) is 2.23. The van der Waals surface area contributed by atoms with Crippen LogP contribution in [-0.4, -0.2) is 28.0 Å². The first-order valence-corrected chi connectivity index (χ1v) is 6.88. The summed E-state index contributed by atoms with van der Waals surface area (Å²) >= 11 is 1.79. The van der Waals surface area contributed by atoms with E-state index in [9.17, 15) is 0 Å². The molecule has 1 aromatic heterocycles. The second-order valence-electron chi connectivity index (χ2n) is 3.95. The molecule has 90 valence electrons.